The van der Waals surface area contributed by atoms with Gasteiger partial charge in [0.1, 0.15) is 0 Å². The van der Waals surface area contributed by atoms with E-state index in [0.29, 0.717) is 16.7 Å². The van der Waals surface area contributed by atoms with Gasteiger partial charge in [0.25, 0.3) is 0 Å². The van der Waals surface area contributed by atoms with Crippen LogP contribution in [0.25, 0.3) is 0 Å². The Bertz CT molecular complexity index is 487. The first kappa shape index (κ1) is 21.7. The van der Waals surface area contributed by atoms with Crippen molar-refractivity contribution in [3.63, 3.8) is 0 Å². The van der Waals surface area contributed by atoms with Gasteiger partial charge in [-0.2, -0.15) is 0 Å². The Morgan fingerprint density at radius 2 is 1.63 bits per heavy atom. The lowest BCUT2D eigenvalue weighted by atomic mass is 9.44. The molecule has 0 spiro atoms. The van der Waals surface area contributed by atoms with E-state index in [4.69, 9.17) is 0 Å². The molecule has 4 rings (SSSR count). The highest BCUT2D eigenvalue weighted by molar-refractivity contribution is 5.11. The van der Waals surface area contributed by atoms with Crippen LogP contribution in [0.5, 0.6) is 0 Å². The van der Waals surface area contributed by atoms with Crippen LogP contribution in [-0.2, 0) is 0 Å². The summed E-state index contributed by atoms with van der Waals surface area (Å²) < 4.78 is 0. The zero-order valence-electron chi connectivity index (χ0n) is 19.3. The molecule has 0 bridgehead atoms. The maximum atomic E-state index is 11.2. The largest absolute Gasteiger partial charge is 0.393 e. The minimum atomic E-state index is -0.00830. The molecule has 0 heterocycles. The van der Waals surface area contributed by atoms with Crippen molar-refractivity contribution in [2.45, 2.75) is 118 Å². The van der Waals surface area contributed by atoms with Crippen LogP contribution in [0.2, 0.25) is 0 Å². The van der Waals surface area contributed by atoms with Crippen molar-refractivity contribution in [2.24, 2.45) is 46.3 Å². The van der Waals surface area contributed by atoms with Crippen molar-refractivity contribution in [1.29, 1.82) is 0 Å². The summed E-state index contributed by atoms with van der Waals surface area (Å²) in [5, 5.41) is 11.2. The summed E-state index contributed by atoms with van der Waals surface area (Å²) in [5.41, 5.74) is 1.05. The molecule has 7 unspecified atom stereocenters. The van der Waals surface area contributed by atoms with Crippen LogP contribution in [0.4, 0.5) is 0 Å². The summed E-state index contributed by atoms with van der Waals surface area (Å²) in [6, 6.07) is 0. The highest BCUT2D eigenvalue weighted by Gasteiger charge is 2.62. The Kier molecular flexibility index (Phi) is 6.72. The average molecular weight is 377 g/mol. The second kappa shape index (κ2) is 8.37. The van der Waals surface area contributed by atoms with Crippen LogP contribution < -0.4 is 0 Å². The van der Waals surface area contributed by atoms with Crippen molar-refractivity contribution >= 4 is 0 Å². The number of hydrogen-bond acceptors (Lipinski definition) is 1. The van der Waals surface area contributed by atoms with E-state index < -0.39 is 0 Å². The summed E-state index contributed by atoms with van der Waals surface area (Å²) in [6.45, 7) is 14.1. The fraction of sp³-hybridized carbons (Fsp3) is 1.00. The van der Waals surface area contributed by atoms with Gasteiger partial charge in [0.05, 0.1) is 6.10 Å². The molecule has 1 N–H and O–H groups in total. The quantitative estimate of drug-likeness (QED) is 0.541. The second-order valence-corrected chi connectivity index (χ2v) is 11.0. The molecule has 0 amide bonds. The second-order valence-electron chi connectivity index (χ2n) is 11.0. The smallest absolute Gasteiger partial charge is 0.0577 e. The van der Waals surface area contributed by atoms with Gasteiger partial charge in [-0.15, -0.1) is 0 Å². The van der Waals surface area contributed by atoms with Crippen LogP contribution in [0.3, 0.4) is 0 Å². The highest BCUT2D eigenvalue weighted by atomic mass is 16.3. The van der Waals surface area contributed by atoms with E-state index in [9.17, 15) is 5.11 Å². The zero-order valence-corrected chi connectivity index (χ0v) is 19.3. The molecule has 0 aromatic rings. The Labute approximate surface area is 170 Å². The van der Waals surface area contributed by atoms with Crippen LogP contribution in [-0.4, -0.2) is 11.2 Å². The van der Waals surface area contributed by atoms with Crippen molar-refractivity contribution < 1.29 is 5.11 Å². The Hall–Kier alpha value is -0.0400. The maximum Gasteiger partial charge on any atom is 0.0577 e. The SMILES string of the molecule is CC.CCC[C@@H](C)C1CCC2C3C(CCC21C)C1(C)CCCCC1C[C@H]3O. The van der Waals surface area contributed by atoms with Gasteiger partial charge in [0.15, 0.2) is 0 Å². The number of aliphatic hydroxyl groups is 1. The van der Waals surface area contributed by atoms with Crippen LogP contribution in [0.15, 0.2) is 0 Å². The summed E-state index contributed by atoms with van der Waals surface area (Å²) >= 11 is 0. The Balaban J connectivity index is 0.00000102. The van der Waals surface area contributed by atoms with Crippen molar-refractivity contribution in [1.82, 2.24) is 0 Å². The van der Waals surface area contributed by atoms with Gasteiger partial charge >= 0.3 is 0 Å². The minimum Gasteiger partial charge on any atom is -0.393 e. The third kappa shape index (κ3) is 3.43. The average Bonchev–Trinajstić information content (AvgIpc) is 3.01. The van der Waals surface area contributed by atoms with Gasteiger partial charge in [-0.05, 0) is 91.3 Å². The van der Waals surface area contributed by atoms with E-state index in [1.807, 2.05) is 13.8 Å². The molecule has 0 aromatic heterocycles. The molecule has 27 heavy (non-hydrogen) atoms. The first-order valence-electron chi connectivity index (χ1n) is 12.6. The maximum absolute atomic E-state index is 11.2. The monoisotopic (exact) mass is 376 g/mol. The van der Waals surface area contributed by atoms with E-state index in [1.165, 1.54) is 64.2 Å². The lowest BCUT2D eigenvalue weighted by molar-refractivity contribution is -0.164. The molecule has 4 aliphatic rings. The fourth-order valence-corrected chi connectivity index (χ4v) is 8.89. The molecule has 0 radical (unpaired) electrons. The van der Waals surface area contributed by atoms with Crippen LogP contribution in [0, 0.1) is 46.3 Å². The summed E-state index contributed by atoms with van der Waals surface area (Å²) in [6.07, 6.45) is 15.1. The first-order valence-corrected chi connectivity index (χ1v) is 12.6. The molecule has 0 saturated heterocycles. The zero-order chi connectivity index (χ0) is 19.8. The van der Waals surface area contributed by atoms with Crippen molar-refractivity contribution in [3.8, 4) is 0 Å². The Morgan fingerprint density at radius 3 is 2.33 bits per heavy atom. The van der Waals surface area contributed by atoms with Crippen molar-refractivity contribution in [2.75, 3.05) is 0 Å². The number of hydrogen-bond donors (Lipinski definition) is 1. The standard InChI is InChI=1S/C24H42O.C2H6/c1-5-8-16(2)18-10-11-19-22-20(12-14-24(18,19)4)23(3)13-7-6-9-17(23)15-21(22)25;1-2/h16-22,25H,5-15H2,1-4H3;1-2H3/t16-,17?,18?,19?,20?,21-,22?,23?,24?;/m1./s1. The van der Waals surface area contributed by atoms with Crippen LogP contribution >= 0.6 is 0 Å². The number of fused-ring (bicyclic) bond motifs is 5. The molecule has 0 aromatic carbocycles. The predicted octanol–water partition coefficient (Wildman–Crippen LogP) is 7.47. The molecule has 9 atom stereocenters. The van der Waals surface area contributed by atoms with E-state index in [1.54, 1.807) is 0 Å². The lowest BCUT2D eigenvalue weighted by Gasteiger charge is -2.62. The van der Waals surface area contributed by atoms with E-state index in [-0.39, 0.29) is 6.10 Å². The number of aliphatic hydroxyl groups excluding tert-OH is 1. The number of rotatable bonds is 3. The molecule has 1 nitrogen and oxygen atoms in total. The third-order valence-corrected chi connectivity index (χ3v) is 10.1. The summed E-state index contributed by atoms with van der Waals surface area (Å²) in [4.78, 5) is 0. The molecule has 4 saturated carbocycles. The first-order chi connectivity index (χ1) is 12.9. The molecule has 4 fully saturated rings. The topological polar surface area (TPSA) is 20.2 Å². The Morgan fingerprint density at radius 1 is 0.926 bits per heavy atom. The summed E-state index contributed by atoms with van der Waals surface area (Å²) in [5.74, 6) is 4.79. The van der Waals surface area contributed by atoms with Gasteiger partial charge in [0, 0.05) is 0 Å². The van der Waals surface area contributed by atoms with Gasteiger partial charge in [0.2, 0.25) is 0 Å². The van der Waals surface area contributed by atoms with E-state index in [0.717, 1.165) is 36.0 Å². The van der Waals surface area contributed by atoms with Gasteiger partial charge in [-0.1, -0.05) is 67.2 Å². The fourth-order valence-electron chi connectivity index (χ4n) is 8.89. The molecule has 0 aliphatic heterocycles. The lowest BCUT2D eigenvalue weighted by Crippen LogP contribution is -2.57. The van der Waals surface area contributed by atoms with E-state index >= 15 is 0 Å². The van der Waals surface area contributed by atoms with Crippen molar-refractivity contribution in [3.05, 3.63) is 0 Å². The summed E-state index contributed by atoms with van der Waals surface area (Å²) in [7, 11) is 0. The minimum absolute atomic E-state index is 0.00830. The van der Waals surface area contributed by atoms with E-state index in [2.05, 4.69) is 27.7 Å². The molecular weight excluding hydrogens is 328 g/mol. The van der Waals surface area contributed by atoms with Crippen LogP contribution in [0.1, 0.15) is 112 Å². The predicted molar refractivity (Wildman–Crippen MR) is 117 cm³/mol. The van der Waals surface area contributed by atoms with Gasteiger partial charge in [-0.25, -0.2) is 0 Å². The third-order valence-electron chi connectivity index (χ3n) is 10.1. The normalized spacial score (nSPS) is 49.9. The highest BCUT2D eigenvalue weighted by Crippen LogP contribution is 2.68. The van der Waals surface area contributed by atoms with Gasteiger partial charge in [-0.3, -0.25) is 0 Å². The molecule has 1 heteroatoms. The molecule has 4 aliphatic carbocycles. The molecular formula is C26H48O. The molecule has 158 valence electrons. The van der Waals surface area contributed by atoms with Gasteiger partial charge < -0.3 is 5.11 Å².